The van der Waals surface area contributed by atoms with E-state index in [1.54, 1.807) is 0 Å². The van der Waals surface area contributed by atoms with Crippen LogP contribution < -0.4 is 4.90 Å². The van der Waals surface area contributed by atoms with Crippen LogP contribution in [-0.4, -0.2) is 18.8 Å². The summed E-state index contributed by atoms with van der Waals surface area (Å²) in [6.45, 7) is 1.82. The SMILES string of the molecule is N#CCCN(CCCCS)c1ccccc1. The second kappa shape index (κ2) is 8.06. The largest absolute Gasteiger partial charge is 0.371 e. The van der Waals surface area contributed by atoms with Crippen LogP contribution in [0.25, 0.3) is 0 Å². The molecule has 2 nitrogen and oxygen atoms in total. The summed E-state index contributed by atoms with van der Waals surface area (Å²) in [4.78, 5) is 2.27. The standard InChI is InChI=1S/C13H18N2S/c14-9-6-11-15(10-4-5-12-16)13-7-2-1-3-8-13/h1-3,7-8,16H,4-6,10-12H2. The van der Waals surface area contributed by atoms with Gasteiger partial charge in [-0.3, -0.25) is 0 Å². The van der Waals surface area contributed by atoms with Crippen molar-refractivity contribution in [1.29, 1.82) is 5.26 Å². The first-order chi connectivity index (χ1) is 7.88. The summed E-state index contributed by atoms with van der Waals surface area (Å²) in [6.07, 6.45) is 2.83. The van der Waals surface area contributed by atoms with Gasteiger partial charge >= 0.3 is 0 Å². The molecule has 0 radical (unpaired) electrons. The fraction of sp³-hybridized carbons (Fsp3) is 0.462. The molecule has 0 aliphatic carbocycles. The highest BCUT2D eigenvalue weighted by molar-refractivity contribution is 7.80. The van der Waals surface area contributed by atoms with E-state index >= 15 is 0 Å². The Bertz CT molecular complexity index is 318. The lowest BCUT2D eigenvalue weighted by Gasteiger charge is -2.23. The predicted octanol–water partition coefficient (Wildman–Crippen LogP) is 3.12. The van der Waals surface area contributed by atoms with Crippen LogP contribution in [0.2, 0.25) is 0 Å². The number of thiol groups is 1. The van der Waals surface area contributed by atoms with Gasteiger partial charge in [0.1, 0.15) is 0 Å². The fourth-order valence-corrected chi connectivity index (χ4v) is 1.83. The van der Waals surface area contributed by atoms with Gasteiger partial charge in [0.05, 0.1) is 12.5 Å². The molecule has 0 unspecified atom stereocenters. The van der Waals surface area contributed by atoms with Gasteiger partial charge in [-0.1, -0.05) is 18.2 Å². The molecule has 0 bridgehead atoms. The van der Waals surface area contributed by atoms with Gasteiger partial charge in [0.2, 0.25) is 0 Å². The molecule has 1 rings (SSSR count). The summed E-state index contributed by atoms with van der Waals surface area (Å²) < 4.78 is 0. The molecular weight excluding hydrogens is 216 g/mol. The molecule has 0 spiro atoms. The van der Waals surface area contributed by atoms with Crippen molar-refractivity contribution in [2.45, 2.75) is 19.3 Å². The zero-order valence-corrected chi connectivity index (χ0v) is 10.4. The number of nitriles is 1. The Morgan fingerprint density at radius 2 is 1.88 bits per heavy atom. The number of hydrogen-bond donors (Lipinski definition) is 1. The van der Waals surface area contributed by atoms with Crippen molar-refractivity contribution in [3.63, 3.8) is 0 Å². The van der Waals surface area contributed by atoms with Gasteiger partial charge in [-0.15, -0.1) is 0 Å². The maximum Gasteiger partial charge on any atom is 0.0640 e. The lowest BCUT2D eigenvalue weighted by Crippen LogP contribution is -2.25. The Hall–Kier alpha value is -1.14. The van der Waals surface area contributed by atoms with Gasteiger partial charge in [0.25, 0.3) is 0 Å². The maximum absolute atomic E-state index is 8.64. The number of rotatable bonds is 7. The Balaban J connectivity index is 2.53. The molecule has 16 heavy (non-hydrogen) atoms. The zero-order valence-electron chi connectivity index (χ0n) is 9.47. The minimum Gasteiger partial charge on any atom is -0.371 e. The number of para-hydroxylation sites is 1. The third-order valence-corrected chi connectivity index (χ3v) is 2.77. The molecule has 0 N–H and O–H groups in total. The van der Waals surface area contributed by atoms with Gasteiger partial charge in [0, 0.05) is 18.8 Å². The van der Waals surface area contributed by atoms with Crippen molar-refractivity contribution >= 4 is 18.3 Å². The molecular formula is C13H18N2S. The highest BCUT2D eigenvalue weighted by atomic mass is 32.1. The molecule has 0 fully saturated rings. The Labute approximate surface area is 103 Å². The number of hydrogen-bond acceptors (Lipinski definition) is 3. The monoisotopic (exact) mass is 234 g/mol. The Morgan fingerprint density at radius 1 is 1.12 bits per heavy atom. The summed E-state index contributed by atoms with van der Waals surface area (Å²) in [5.41, 5.74) is 1.21. The van der Waals surface area contributed by atoms with Crippen molar-refractivity contribution in [3.05, 3.63) is 30.3 Å². The van der Waals surface area contributed by atoms with Crippen LogP contribution in [0.15, 0.2) is 30.3 Å². The quantitative estimate of drug-likeness (QED) is 0.579. The first kappa shape index (κ1) is 12.9. The highest BCUT2D eigenvalue weighted by Crippen LogP contribution is 2.14. The minimum atomic E-state index is 0.579. The first-order valence-electron chi connectivity index (χ1n) is 5.66. The molecule has 0 saturated carbocycles. The highest BCUT2D eigenvalue weighted by Gasteiger charge is 2.04. The Kier molecular flexibility index (Phi) is 6.52. The molecule has 0 atom stereocenters. The van der Waals surface area contributed by atoms with Crippen molar-refractivity contribution < 1.29 is 0 Å². The summed E-state index contributed by atoms with van der Waals surface area (Å²) in [5, 5.41) is 8.64. The topological polar surface area (TPSA) is 27.0 Å². The van der Waals surface area contributed by atoms with E-state index in [4.69, 9.17) is 5.26 Å². The molecule has 0 aliphatic rings. The number of nitrogens with zero attached hydrogens (tertiary/aromatic N) is 2. The predicted molar refractivity (Wildman–Crippen MR) is 72.0 cm³/mol. The molecule has 0 amide bonds. The van der Waals surface area contributed by atoms with Gasteiger partial charge in [-0.05, 0) is 30.7 Å². The second-order valence-electron chi connectivity index (χ2n) is 3.66. The van der Waals surface area contributed by atoms with Gasteiger partial charge in [-0.25, -0.2) is 0 Å². The first-order valence-corrected chi connectivity index (χ1v) is 6.29. The normalized spacial score (nSPS) is 9.75. The number of benzene rings is 1. The molecule has 0 heterocycles. The molecule has 0 saturated heterocycles. The van der Waals surface area contributed by atoms with E-state index in [1.165, 1.54) is 5.69 Å². The van der Waals surface area contributed by atoms with Gasteiger partial charge in [-0.2, -0.15) is 17.9 Å². The minimum absolute atomic E-state index is 0.579. The molecule has 1 aromatic rings. The van der Waals surface area contributed by atoms with E-state index in [-0.39, 0.29) is 0 Å². The van der Waals surface area contributed by atoms with E-state index < -0.39 is 0 Å². The summed E-state index contributed by atoms with van der Waals surface area (Å²) in [6, 6.07) is 12.5. The number of unbranched alkanes of at least 4 members (excludes halogenated alkanes) is 1. The van der Waals surface area contributed by atoms with Crippen molar-refractivity contribution in [2.24, 2.45) is 0 Å². The molecule has 1 aromatic carbocycles. The van der Waals surface area contributed by atoms with Crippen LogP contribution in [0.3, 0.4) is 0 Å². The lowest BCUT2D eigenvalue weighted by atomic mass is 10.2. The summed E-state index contributed by atoms with van der Waals surface area (Å²) in [5.74, 6) is 0.931. The van der Waals surface area contributed by atoms with Crippen molar-refractivity contribution in [1.82, 2.24) is 0 Å². The van der Waals surface area contributed by atoms with E-state index in [0.29, 0.717) is 6.42 Å². The van der Waals surface area contributed by atoms with Gasteiger partial charge in [0.15, 0.2) is 0 Å². The second-order valence-corrected chi connectivity index (χ2v) is 4.11. The fourth-order valence-electron chi connectivity index (χ4n) is 1.61. The lowest BCUT2D eigenvalue weighted by molar-refractivity contribution is 0.722. The number of anilines is 1. The molecule has 3 heteroatoms. The third kappa shape index (κ3) is 4.59. The van der Waals surface area contributed by atoms with Crippen molar-refractivity contribution in [3.8, 4) is 6.07 Å². The summed E-state index contributed by atoms with van der Waals surface area (Å²) in [7, 11) is 0. The van der Waals surface area contributed by atoms with Gasteiger partial charge < -0.3 is 4.90 Å². The van der Waals surface area contributed by atoms with E-state index in [2.05, 4.69) is 35.7 Å². The molecule has 0 aromatic heterocycles. The van der Waals surface area contributed by atoms with E-state index in [1.807, 2.05) is 18.2 Å². The molecule has 86 valence electrons. The maximum atomic E-state index is 8.64. The smallest absolute Gasteiger partial charge is 0.0640 e. The average molecular weight is 234 g/mol. The van der Waals surface area contributed by atoms with E-state index in [9.17, 15) is 0 Å². The summed E-state index contributed by atoms with van der Waals surface area (Å²) >= 11 is 4.21. The van der Waals surface area contributed by atoms with Crippen LogP contribution in [0.5, 0.6) is 0 Å². The van der Waals surface area contributed by atoms with Crippen LogP contribution in [0.4, 0.5) is 5.69 Å². The van der Waals surface area contributed by atoms with Crippen LogP contribution in [-0.2, 0) is 0 Å². The average Bonchev–Trinajstić information content (AvgIpc) is 2.35. The van der Waals surface area contributed by atoms with Crippen molar-refractivity contribution in [2.75, 3.05) is 23.7 Å². The third-order valence-electron chi connectivity index (χ3n) is 2.45. The van der Waals surface area contributed by atoms with Crippen LogP contribution in [0, 0.1) is 11.3 Å². The zero-order chi connectivity index (χ0) is 11.6. The van der Waals surface area contributed by atoms with Crippen LogP contribution >= 0.6 is 12.6 Å². The van der Waals surface area contributed by atoms with E-state index in [0.717, 1.165) is 31.7 Å². The Morgan fingerprint density at radius 3 is 2.50 bits per heavy atom. The van der Waals surface area contributed by atoms with Crippen LogP contribution in [0.1, 0.15) is 19.3 Å². The molecule has 0 aliphatic heterocycles.